The summed E-state index contributed by atoms with van der Waals surface area (Å²) in [6.07, 6.45) is 0.440. The van der Waals surface area contributed by atoms with E-state index in [4.69, 9.17) is 9.84 Å². The molecule has 82 valence electrons. The Morgan fingerprint density at radius 1 is 1.50 bits per heavy atom. The Kier molecular flexibility index (Phi) is 2.88. The van der Waals surface area contributed by atoms with Crippen molar-refractivity contribution in [3.8, 4) is 0 Å². The lowest BCUT2D eigenvalue weighted by molar-refractivity contribution is -0.186. The highest BCUT2D eigenvalue weighted by Gasteiger charge is 2.45. The molecule has 1 saturated carbocycles. The molecule has 1 aliphatic carbocycles. The van der Waals surface area contributed by atoms with Gasteiger partial charge in [-0.15, -0.1) is 0 Å². The second-order valence-corrected chi connectivity index (χ2v) is 5.07. The van der Waals surface area contributed by atoms with Crippen LogP contribution in [0.1, 0.15) is 33.6 Å². The summed E-state index contributed by atoms with van der Waals surface area (Å²) in [6.45, 7) is 5.08. The number of rotatable bonds is 2. The molecule has 1 fully saturated rings. The zero-order valence-corrected chi connectivity index (χ0v) is 8.91. The third kappa shape index (κ3) is 2.45. The first-order valence-electron chi connectivity index (χ1n) is 4.81. The van der Waals surface area contributed by atoms with Gasteiger partial charge in [0.05, 0.1) is 17.6 Å². The lowest BCUT2D eigenvalue weighted by Gasteiger charge is -2.42. The van der Waals surface area contributed by atoms with Gasteiger partial charge in [-0.3, -0.25) is 4.79 Å². The van der Waals surface area contributed by atoms with Crippen LogP contribution in [0.4, 0.5) is 0 Å². The van der Waals surface area contributed by atoms with Crippen LogP contribution in [0.3, 0.4) is 0 Å². The second kappa shape index (κ2) is 3.51. The summed E-state index contributed by atoms with van der Waals surface area (Å²) >= 11 is 0. The van der Waals surface area contributed by atoms with Crippen molar-refractivity contribution in [1.29, 1.82) is 0 Å². The Morgan fingerprint density at radius 3 is 2.36 bits per heavy atom. The van der Waals surface area contributed by atoms with Crippen LogP contribution in [-0.4, -0.2) is 34.5 Å². The van der Waals surface area contributed by atoms with E-state index in [0.717, 1.165) is 0 Å². The van der Waals surface area contributed by atoms with Crippen LogP contribution in [0.2, 0.25) is 0 Å². The molecule has 1 rings (SSSR count). The van der Waals surface area contributed by atoms with E-state index in [1.807, 2.05) is 0 Å². The molecule has 0 saturated heterocycles. The van der Waals surface area contributed by atoms with E-state index in [1.54, 1.807) is 20.8 Å². The zero-order chi connectivity index (χ0) is 11.0. The molecule has 1 aliphatic rings. The normalized spacial score (nSPS) is 32.2. The highest BCUT2D eigenvalue weighted by molar-refractivity contribution is 5.75. The van der Waals surface area contributed by atoms with Crippen LogP contribution in [0.25, 0.3) is 0 Å². The van der Waals surface area contributed by atoms with Crippen molar-refractivity contribution in [2.75, 3.05) is 6.61 Å². The number of ether oxygens (including phenoxy) is 1. The minimum Gasteiger partial charge on any atom is -0.462 e. The quantitative estimate of drug-likeness (QED) is 0.638. The number of esters is 1. The summed E-state index contributed by atoms with van der Waals surface area (Å²) in [4.78, 5) is 11.4. The molecule has 0 aromatic carbocycles. The Hall–Kier alpha value is -0.610. The molecule has 4 nitrogen and oxygen atoms in total. The predicted molar refractivity (Wildman–Crippen MR) is 50.6 cm³/mol. The Balaban J connectivity index is 2.34. The van der Waals surface area contributed by atoms with Gasteiger partial charge in [0.15, 0.2) is 0 Å². The largest absolute Gasteiger partial charge is 0.462 e. The molecular formula is C10H18O4. The van der Waals surface area contributed by atoms with Gasteiger partial charge in [0.25, 0.3) is 0 Å². The van der Waals surface area contributed by atoms with Gasteiger partial charge in [-0.2, -0.15) is 0 Å². The van der Waals surface area contributed by atoms with Crippen molar-refractivity contribution in [2.45, 2.75) is 45.3 Å². The fourth-order valence-corrected chi connectivity index (χ4v) is 1.33. The second-order valence-electron chi connectivity index (χ2n) is 5.07. The predicted octanol–water partition coefficient (Wildman–Crippen LogP) is 0.461. The highest BCUT2D eigenvalue weighted by atomic mass is 16.5. The van der Waals surface area contributed by atoms with Crippen molar-refractivity contribution >= 4 is 5.97 Å². The van der Waals surface area contributed by atoms with Crippen molar-refractivity contribution < 1.29 is 19.7 Å². The minimum atomic E-state index is -1.02. The monoisotopic (exact) mass is 202 g/mol. The summed E-state index contributed by atoms with van der Waals surface area (Å²) < 4.78 is 5.14. The van der Waals surface area contributed by atoms with E-state index in [0.29, 0.717) is 12.8 Å². The molecule has 0 aromatic rings. The van der Waals surface area contributed by atoms with Gasteiger partial charge in [-0.1, -0.05) is 0 Å². The third-order valence-corrected chi connectivity index (χ3v) is 2.40. The topological polar surface area (TPSA) is 66.8 Å². The summed E-state index contributed by atoms with van der Waals surface area (Å²) in [7, 11) is 0. The van der Waals surface area contributed by atoms with Gasteiger partial charge in [-0.05, 0) is 20.8 Å². The van der Waals surface area contributed by atoms with Gasteiger partial charge in [0.1, 0.15) is 6.10 Å². The van der Waals surface area contributed by atoms with E-state index < -0.39 is 11.0 Å². The molecule has 0 bridgehead atoms. The van der Waals surface area contributed by atoms with E-state index in [-0.39, 0.29) is 18.7 Å². The summed E-state index contributed by atoms with van der Waals surface area (Å²) in [6, 6.07) is 0. The fourth-order valence-electron chi connectivity index (χ4n) is 1.33. The summed E-state index contributed by atoms with van der Waals surface area (Å²) in [5.74, 6) is -0.262. The molecule has 14 heavy (non-hydrogen) atoms. The molecule has 0 spiro atoms. The maximum absolute atomic E-state index is 11.4. The number of aliphatic hydroxyl groups is 2. The lowest BCUT2D eigenvalue weighted by atomic mass is 9.78. The summed E-state index contributed by atoms with van der Waals surface area (Å²) in [5, 5.41) is 18.2. The first-order valence-corrected chi connectivity index (χ1v) is 4.81. The van der Waals surface area contributed by atoms with Gasteiger partial charge in [0.2, 0.25) is 0 Å². The molecule has 0 atom stereocenters. The first-order chi connectivity index (χ1) is 6.27. The van der Waals surface area contributed by atoms with Crippen molar-refractivity contribution in [3.05, 3.63) is 0 Å². The zero-order valence-electron chi connectivity index (χ0n) is 8.91. The van der Waals surface area contributed by atoms with Gasteiger partial charge < -0.3 is 14.9 Å². The number of hydrogen-bond acceptors (Lipinski definition) is 4. The molecule has 0 aromatic heterocycles. The molecular weight excluding hydrogens is 184 g/mol. The van der Waals surface area contributed by atoms with Crippen molar-refractivity contribution in [1.82, 2.24) is 0 Å². The lowest BCUT2D eigenvalue weighted by Crippen LogP contribution is -2.52. The first kappa shape index (κ1) is 11.5. The van der Waals surface area contributed by atoms with E-state index in [1.165, 1.54) is 0 Å². The van der Waals surface area contributed by atoms with Crippen molar-refractivity contribution in [2.24, 2.45) is 5.41 Å². The molecule has 0 aliphatic heterocycles. The SMILES string of the molecule is CC(C)(C)C(=O)O[C@H]1C[C@](O)(CO)C1. The molecule has 0 unspecified atom stereocenters. The minimum absolute atomic E-state index is 0.237. The number of carbonyl (C=O) groups excluding carboxylic acids is 1. The number of carbonyl (C=O) groups is 1. The maximum atomic E-state index is 11.4. The van der Waals surface area contributed by atoms with Crippen LogP contribution in [0.15, 0.2) is 0 Å². The van der Waals surface area contributed by atoms with Gasteiger partial charge >= 0.3 is 5.97 Å². The van der Waals surface area contributed by atoms with E-state index in [2.05, 4.69) is 0 Å². The molecule has 4 heteroatoms. The van der Waals surface area contributed by atoms with Crippen LogP contribution in [0.5, 0.6) is 0 Å². The molecule has 0 heterocycles. The third-order valence-electron chi connectivity index (χ3n) is 2.40. The van der Waals surface area contributed by atoms with Gasteiger partial charge in [-0.25, -0.2) is 0 Å². The fraction of sp³-hybridized carbons (Fsp3) is 0.900. The van der Waals surface area contributed by atoms with E-state index >= 15 is 0 Å². The standard InChI is InChI=1S/C10H18O4/c1-9(2,3)8(12)14-7-4-10(13,5-7)6-11/h7,11,13H,4-6H2,1-3H3/t7-,10+. The van der Waals surface area contributed by atoms with E-state index in [9.17, 15) is 9.90 Å². The maximum Gasteiger partial charge on any atom is 0.311 e. The van der Waals surface area contributed by atoms with Crippen LogP contribution in [-0.2, 0) is 9.53 Å². The smallest absolute Gasteiger partial charge is 0.311 e. The van der Waals surface area contributed by atoms with Crippen LogP contribution >= 0.6 is 0 Å². The van der Waals surface area contributed by atoms with Crippen molar-refractivity contribution in [3.63, 3.8) is 0 Å². The Morgan fingerprint density at radius 2 is 2.00 bits per heavy atom. The van der Waals surface area contributed by atoms with Crippen LogP contribution in [0, 0.1) is 5.41 Å². The number of hydrogen-bond donors (Lipinski definition) is 2. The average molecular weight is 202 g/mol. The molecule has 2 N–H and O–H groups in total. The number of aliphatic hydroxyl groups excluding tert-OH is 1. The molecule has 0 amide bonds. The average Bonchev–Trinajstić information content (AvgIpc) is 1.99. The Bertz CT molecular complexity index is 223. The highest BCUT2D eigenvalue weighted by Crippen LogP contribution is 2.35. The summed E-state index contributed by atoms with van der Waals surface area (Å²) in [5.41, 5.74) is -1.53. The van der Waals surface area contributed by atoms with Gasteiger partial charge in [0, 0.05) is 12.8 Å². The van der Waals surface area contributed by atoms with Crippen LogP contribution < -0.4 is 0 Å². The molecule has 0 radical (unpaired) electrons. The Labute approximate surface area is 83.9 Å².